The molecule has 1 aliphatic rings. The summed E-state index contributed by atoms with van der Waals surface area (Å²) in [7, 11) is 0. The molecule has 1 aromatic heterocycles. The lowest BCUT2D eigenvalue weighted by Gasteiger charge is -2.32. The van der Waals surface area contributed by atoms with E-state index in [9.17, 15) is 13.6 Å². The lowest BCUT2D eigenvalue weighted by molar-refractivity contribution is 0.0662. The van der Waals surface area contributed by atoms with Crippen molar-refractivity contribution in [1.82, 2.24) is 15.1 Å². The van der Waals surface area contributed by atoms with Gasteiger partial charge in [0.25, 0.3) is 5.91 Å². The van der Waals surface area contributed by atoms with Crippen molar-refractivity contribution in [3.05, 3.63) is 52.3 Å². The topological polar surface area (TPSA) is 49.0 Å². The highest BCUT2D eigenvalue weighted by Crippen LogP contribution is 2.25. The molecule has 0 spiro atoms. The van der Waals surface area contributed by atoms with E-state index in [1.807, 2.05) is 0 Å². The average Bonchev–Trinajstić information content (AvgIpc) is 3.00. The van der Waals surface area contributed by atoms with Gasteiger partial charge < -0.3 is 4.90 Å². The molecule has 2 aromatic rings. The zero-order valence-electron chi connectivity index (χ0n) is 13.1. The molecule has 0 saturated carbocycles. The van der Waals surface area contributed by atoms with Crippen molar-refractivity contribution in [2.45, 2.75) is 25.7 Å². The molecule has 7 heteroatoms. The number of rotatable bonds is 4. The van der Waals surface area contributed by atoms with Crippen molar-refractivity contribution in [3.63, 3.8) is 0 Å². The van der Waals surface area contributed by atoms with Crippen LogP contribution >= 0.6 is 11.6 Å². The summed E-state index contributed by atoms with van der Waals surface area (Å²) in [4.78, 5) is 14.2. The zero-order chi connectivity index (χ0) is 17.1. The number of amides is 1. The maximum absolute atomic E-state index is 13.7. The summed E-state index contributed by atoms with van der Waals surface area (Å²) in [6.45, 7) is 1.21. The third-order valence-electron chi connectivity index (χ3n) is 4.48. The standard InChI is InChI=1S/C17H18ClF2N3O/c18-13-9-21-22-16(13)17(24)23-8-2-3-11(10-23)6-7-12-14(19)4-1-5-15(12)20/h1,4-5,9,11H,2-3,6-8,10H2,(H,21,22). The fourth-order valence-corrected chi connectivity index (χ4v) is 3.36. The van der Waals surface area contributed by atoms with Gasteiger partial charge in [0, 0.05) is 18.7 Å². The molecule has 128 valence electrons. The van der Waals surface area contributed by atoms with Crippen molar-refractivity contribution >= 4 is 17.5 Å². The first-order valence-electron chi connectivity index (χ1n) is 7.97. The van der Waals surface area contributed by atoms with E-state index in [0.717, 1.165) is 12.8 Å². The van der Waals surface area contributed by atoms with Crippen LogP contribution in [0.5, 0.6) is 0 Å². The van der Waals surface area contributed by atoms with Crippen LogP contribution in [0.3, 0.4) is 0 Å². The van der Waals surface area contributed by atoms with Gasteiger partial charge in [-0.05, 0) is 43.7 Å². The molecule has 1 fully saturated rings. The van der Waals surface area contributed by atoms with Gasteiger partial charge in [0.1, 0.15) is 17.3 Å². The third kappa shape index (κ3) is 3.59. The third-order valence-corrected chi connectivity index (χ3v) is 4.76. The monoisotopic (exact) mass is 353 g/mol. The Balaban J connectivity index is 1.62. The van der Waals surface area contributed by atoms with Crippen molar-refractivity contribution in [1.29, 1.82) is 0 Å². The first-order chi connectivity index (χ1) is 11.6. The fraction of sp³-hybridized carbons (Fsp3) is 0.412. The number of halogens is 3. The predicted octanol–water partition coefficient (Wildman–Crippen LogP) is 3.83. The van der Waals surface area contributed by atoms with E-state index in [1.54, 1.807) is 4.90 Å². The number of carbonyl (C=O) groups is 1. The van der Waals surface area contributed by atoms with E-state index in [0.29, 0.717) is 31.0 Å². The molecule has 1 unspecified atom stereocenters. The van der Waals surface area contributed by atoms with Gasteiger partial charge in [-0.1, -0.05) is 17.7 Å². The fourth-order valence-electron chi connectivity index (χ4n) is 3.18. The van der Waals surface area contributed by atoms with Crippen molar-refractivity contribution in [3.8, 4) is 0 Å². The second-order valence-electron chi connectivity index (χ2n) is 6.09. The Morgan fingerprint density at radius 1 is 1.38 bits per heavy atom. The molecular weight excluding hydrogens is 336 g/mol. The number of hydrogen-bond acceptors (Lipinski definition) is 2. The summed E-state index contributed by atoms with van der Waals surface area (Å²) < 4.78 is 27.4. The molecule has 0 bridgehead atoms. The van der Waals surface area contributed by atoms with Crippen LogP contribution in [0.4, 0.5) is 8.78 Å². The molecule has 1 amide bonds. The molecule has 1 saturated heterocycles. The first kappa shape index (κ1) is 16.9. The lowest BCUT2D eigenvalue weighted by Crippen LogP contribution is -2.40. The number of benzene rings is 1. The number of piperidine rings is 1. The number of likely N-dealkylation sites (tertiary alicyclic amines) is 1. The van der Waals surface area contributed by atoms with Crippen LogP contribution in [0.1, 0.15) is 35.3 Å². The normalized spacial score (nSPS) is 18.0. The van der Waals surface area contributed by atoms with Crippen LogP contribution in [0.25, 0.3) is 0 Å². The van der Waals surface area contributed by atoms with Gasteiger partial charge >= 0.3 is 0 Å². The smallest absolute Gasteiger partial charge is 0.273 e. The van der Waals surface area contributed by atoms with Crippen molar-refractivity contribution in [2.24, 2.45) is 5.92 Å². The number of nitrogens with one attached hydrogen (secondary N) is 1. The number of hydrogen-bond donors (Lipinski definition) is 1. The number of carbonyl (C=O) groups excluding carboxylic acids is 1. The Morgan fingerprint density at radius 3 is 2.79 bits per heavy atom. The minimum atomic E-state index is -0.511. The number of aromatic nitrogens is 2. The summed E-state index contributed by atoms with van der Waals surface area (Å²) in [6.07, 6.45) is 4.17. The van der Waals surface area contributed by atoms with E-state index < -0.39 is 11.6 Å². The number of nitrogens with zero attached hydrogens (tertiary/aromatic N) is 2. The van der Waals surface area contributed by atoms with Gasteiger partial charge in [-0.2, -0.15) is 5.10 Å². The average molecular weight is 354 g/mol. The van der Waals surface area contributed by atoms with E-state index >= 15 is 0 Å². The SMILES string of the molecule is O=C(c1[nH]ncc1Cl)N1CCCC(CCc2c(F)cccc2F)C1. The summed E-state index contributed by atoms with van der Waals surface area (Å²) in [5.41, 5.74) is 0.412. The molecule has 1 N–H and O–H groups in total. The van der Waals surface area contributed by atoms with Crippen molar-refractivity contribution < 1.29 is 13.6 Å². The second kappa shape index (κ2) is 7.30. The molecule has 1 aliphatic heterocycles. The largest absolute Gasteiger partial charge is 0.337 e. The van der Waals surface area contributed by atoms with Crippen molar-refractivity contribution in [2.75, 3.05) is 13.1 Å². The van der Waals surface area contributed by atoms with Gasteiger partial charge in [-0.3, -0.25) is 9.89 Å². The van der Waals surface area contributed by atoms with E-state index in [1.165, 1.54) is 24.4 Å². The van der Waals surface area contributed by atoms with Gasteiger partial charge in [0.2, 0.25) is 0 Å². The Morgan fingerprint density at radius 2 is 2.12 bits per heavy atom. The molecule has 0 aliphatic carbocycles. The molecule has 2 heterocycles. The zero-order valence-corrected chi connectivity index (χ0v) is 13.8. The molecule has 1 atom stereocenters. The minimum Gasteiger partial charge on any atom is -0.337 e. The van der Waals surface area contributed by atoms with E-state index in [-0.39, 0.29) is 23.1 Å². The molecular formula is C17H18ClF2N3O. The Kier molecular flexibility index (Phi) is 5.14. The Bertz CT molecular complexity index is 714. The molecule has 3 rings (SSSR count). The van der Waals surface area contributed by atoms with Gasteiger partial charge in [0.05, 0.1) is 11.2 Å². The van der Waals surface area contributed by atoms with Gasteiger partial charge in [-0.25, -0.2) is 8.78 Å². The maximum atomic E-state index is 13.7. The molecule has 4 nitrogen and oxygen atoms in total. The quantitative estimate of drug-likeness (QED) is 0.908. The van der Waals surface area contributed by atoms with E-state index in [2.05, 4.69) is 10.2 Å². The predicted molar refractivity (Wildman–Crippen MR) is 86.9 cm³/mol. The molecule has 24 heavy (non-hydrogen) atoms. The van der Waals surface area contributed by atoms with Crippen LogP contribution in [-0.2, 0) is 6.42 Å². The number of H-pyrrole nitrogens is 1. The maximum Gasteiger partial charge on any atom is 0.273 e. The minimum absolute atomic E-state index is 0.123. The van der Waals surface area contributed by atoms with Crippen LogP contribution < -0.4 is 0 Å². The van der Waals surface area contributed by atoms with E-state index in [4.69, 9.17) is 11.6 Å². The van der Waals surface area contributed by atoms with Crippen LogP contribution in [0.2, 0.25) is 5.02 Å². The number of aromatic amines is 1. The summed E-state index contributed by atoms with van der Waals surface area (Å²) >= 11 is 5.94. The summed E-state index contributed by atoms with van der Waals surface area (Å²) in [5.74, 6) is -0.992. The summed E-state index contributed by atoms with van der Waals surface area (Å²) in [6, 6.07) is 3.91. The van der Waals surface area contributed by atoms with Crippen LogP contribution in [0.15, 0.2) is 24.4 Å². The molecule has 1 aromatic carbocycles. The second-order valence-corrected chi connectivity index (χ2v) is 6.50. The highest BCUT2D eigenvalue weighted by Gasteiger charge is 2.26. The van der Waals surface area contributed by atoms with Crippen LogP contribution in [0, 0.1) is 17.6 Å². The Labute approximate surface area is 143 Å². The van der Waals surface area contributed by atoms with Gasteiger partial charge in [-0.15, -0.1) is 0 Å². The summed E-state index contributed by atoms with van der Waals surface area (Å²) in [5, 5.41) is 6.68. The highest BCUT2D eigenvalue weighted by atomic mass is 35.5. The molecule has 0 radical (unpaired) electrons. The lowest BCUT2D eigenvalue weighted by atomic mass is 9.91. The first-order valence-corrected chi connectivity index (χ1v) is 8.35. The highest BCUT2D eigenvalue weighted by molar-refractivity contribution is 6.33. The van der Waals surface area contributed by atoms with Crippen LogP contribution in [-0.4, -0.2) is 34.1 Å². The Hall–Kier alpha value is -1.95. The van der Waals surface area contributed by atoms with Gasteiger partial charge in [0.15, 0.2) is 0 Å².